The molecule has 17 heavy (non-hydrogen) atoms. The zero-order valence-corrected chi connectivity index (χ0v) is 9.82. The summed E-state index contributed by atoms with van der Waals surface area (Å²) in [6.07, 6.45) is 2.44. The average molecular weight is 240 g/mol. The van der Waals surface area contributed by atoms with E-state index < -0.39 is 11.8 Å². The number of hydrogen-bond acceptors (Lipinski definition) is 4. The second kappa shape index (κ2) is 5.89. The summed E-state index contributed by atoms with van der Waals surface area (Å²) in [5.41, 5.74) is 0.216. The SMILES string of the molecule is COC(=O)C=Cc1cc(OC)c(OC)cc1F. The first-order valence-electron chi connectivity index (χ1n) is 4.80. The fraction of sp³-hybridized carbons (Fsp3) is 0.250. The maximum atomic E-state index is 13.6. The van der Waals surface area contributed by atoms with Gasteiger partial charge in [0.25, 0.3) is 0 Å². The van der Waals surface area contributed by atoms with Crippen LogP contribution in [-0.2, 0) is 9.53 Å². The van der Waals surface area contributed by atoms with Crippen LogP contribution >= 0.6 is 0 Å². The lowest BCUT2D eigenvalue weighted by atomic mass is 10.1. The Bertz CT molecular complexity index is 440. The van der Waals surface area contributed by atoms with Gasteiger partial charge in [0.1, 0.15) is 5.82 Å². The van der Waals surface area contributed by atoms with Crippen LogP contribution in [0.5, 0.6) is 11.5 Å². The number of halogens is 1. The lowest BCUT2D eigenvalue weighted by molar-refractivity contribution is -0.134. The van der Waals surface area contributed by atoms with Crippen LogP contribution < -0.4 is 9.47 Å². The third-order valence-corrected chi connectivity index (χ3v) is 2.10. The molecule has 0 spiro atoms. The Labute approximate surface area is 98.6 Å². The second-order valence-corrected chi connectivity index (χ2v) is 3.09. The molecule has 0 fully saturated rings. The number of benzene rings is 1. The molecule has 0 unspecified atom stereocenters. The van der Waals surface area contributed by atoms with Crippen LogP contribution in [-0.4, -0.2) is 27.3 Å². The minimum Gasteiger partial charge on any atom is -0.493 e. The summed E-state index contributed by atoms with van der Waals surface area (Å²) in [5.74, 6) is -0.388. The Kier molecular flexibility index (Phi) is 4.51. The molecule has 0 N–H and O–H groups in total. The van der Waals surface area contributed by atoms with Crippen molar-refractivity contribution >= 4 is 12.0 Å². The van der Waals surface area contributed by atoms with Gasteiger partial charge in [-0.3, -0.25) is 0 Å². The summed E-state index contributed by atoms with van der Waals surface area (Å²) in [4.78, 5) is 10.9. The number of methoxy groups -OCH3 is 3. The summed E-state index contributed by atoms with van der Waals surface area (Å²) in [6, 6.07) is 2.63. The van der Waals surface area contributed by atoms with Crippen molar-refractivity contribution in [1.82, 2.24) is 0 Å². The van der Waals surface area contributed by atoms with Crippen molar-refractivity contribution in [2.45, 2.75) is 0 Å². The largest absolute Gasteiger partial charge is 0.493 e. The highest BCUT2D eigenvalue weighted by molar-refractivity contribution is 5.87. The minimum atomic E-state index is -0.556. The van der Waals surface area contributed by atoms with Crippen molar-refractivity contribution in [1.29, 1.82) is 0 Å². The highest BCUT2D eigenvalue weighted by atomic mass is 19.1. The van der Waals surface area contributed by atoms with E-state index in [0.717, 1.165) is 6.08 Å². The highest BCUT2D eigenvalue weighted by Crippen LogP contribution is 2.30. The normalized spacial score (nSPS) is 10.4. The van der Waals surface area contributed by atoms with Crippen LogP contribution in [0.4, 0.5) is 4.39 Å². The lowest BCUT2D eigenvalue weighted by Gasteiger charge is -2.08. The van der Waals surface area contributed by atoms with E-state index in [0.29, 0.717) is 11.5 Å². The van der Waals surface area contributed by atoms with Crippen molar-refractivity contribution in [3.8, 4) is 11.5 Å². The van der Waals surface area contributed by atoms with Crippen molar-refractivity contribution in [2.24, 2.45) is 0 Å². The van der Waals surface area contributed by atoms with Gasteiger partial charge in [0.05, 0.1) is 21.3 Å². The molecule has 0 aliphatic heterocycles. The van der Waals surface area contributed by atoms with Gasteiger partial charge in [0.2, 0.25) is 0 Å². The second-order valence-electron chi connectivity index (χ2n) is 3.09. The van der Waals surface area contributed by atoms with Crippen molar-refractivity contribution in [2.75, 3.05) is 21.3 Å². The number of ether oxygens (including phenoxy) is 3. The molecule has 0 aliphatic carbocycles. The molecule has 1 aromatic rings. The van der Waals surface area contributed by atoms with Crippen LogP contribution in [0.2, 0.25) is 0 Å². The van der Waals surface area contributed by atoms with Gasteiger partial charge < -0.3 is 14.2 Å². The third kappa shape index (κ3) is 3.21. The number of hydrogen-bond donors (Lipinski definition) is 0. The molecule has 1 aromatic carbocycles. The highest BCUT2D eigenvalue weighted by Gasteiger charge is 2.09. The first-order chi connectivity index (χ1) is 8.12. The molecule has 0 aliphatic rings. The standard InChI is InChI=1S/C12H13FO4/c1-15-10-6-8(4-5-12(14)17-3)9(13)7-11(10)16-2/h4-7H,1-3H3. The van der Waals surface area contributed by atoms with E-state index in [9.17, 15) is 9.18 Å². The van der Waals surface area contributed by atoms with E-state index >= 15 is 0 Å². The minimum absolute atomic E-state index is 0.216. The summed E-state index contributed by atoms with van der Waals surface area (Å²) in [7, 11) is 4.11. The molecule has 0 bridgehead atoms. The molecule has 0 amide bonds. The molecular formula is C12H13FO4. The van der Waals surface area contributed by atoms with Gasteiger partial charge >= 0.3 is 5.97 Å². The molecule has 0 saturated heterocycles. The first kappa shape index (κ1) is 13.0. The molecule has 4 nitrogen and oxygen atoms in total. The van der Waals surface area contributed by atoms with E-state index in [4.69, 9.17) is 9.47 Å². The Morgan fingerprint density at radius 2 is 1.76 bits per heavy atom. The van der Waals surface area contributed by atoms with Gasteiger partial charge in [-0.25, -0.2) is 9.18 Å². The fourth-order valence-corrected chi connectivity index (χ4v) is 1.22. The van der Waals surface area contributed by atoms with E-state index in [-0.39, 0.29) is 5.56 Å². The monoisotopic (exact) mass is 240 g/mol. The van der Waals surface area contributed by atoms with Gasteiger partial charge in [-0.2, -0.15) is 0 Å². The Hall–Kier alpha value is -2.04. The number of rotatable bonds is 4. The van der Waals surface area contributed by atoms with Crippen LogP contribution in [0.15, 0.2) is 18.2 Å². The fourth-order valence-electron chi connectivity index (χ4n) is 1.22. The summed E-state index contributed by atoms with van der Waals surface area (Å²) in [5, 5.41) is 0. The van der Waals surface area contributed by atoms with Gasteiger partial charge in [0, 0.05) is 17.7 Å². The molecular weight excluding hydrogens is 227 g/mol. The first-order valence-corrected chi connectivity index (χ1v) is 4.80. The van der Waals surface area contributed by atoms with E-state index in [1.165, 1.54) is 39.5 Å². The third-order valence-electron chi connectivity index (χ3n) is 2.10. The predicted octanol–water partition coefficient (Wildman–Crippen LogP) is 2.03. The average Bonchev–Trinajstić information content (AvgIpc) is 2.36. The van der Waals surface area contributed by atoms with Crippen LogP contribution in [0.25, 0.3) is 6.08 Å². The maximum absolute atomic E-state index is 13.6. The van der Waals surface area contributed by atoms with Crippen LogP contribution in [0, 0.1) is 5.82 Å². The Morgan fingerprint density at radius 3 is 2.29 bits per heavy atom. The van der Waals surface area contributed by atoms with Gasteiger partial charge in [-0.05, 0) is 12.1 Å². The molecule has 0 aromatic heterocycles. The van der Waals surface area contributed by atoms with E-state index in [2.05, 4.69) is 4.74 Å². The van der Waals surface area contributed by atoms with Crippen molar-refractivity contribution < 1.29 is 23.4 Å². The smallest absolute Gasteiger partial charge is 0.330 e. The molecule has 1 rings (SSSR count). The Balaban J connectivity index is 3.08. The Morgan fingerprint density at radius 1 is 1.18 bits per heavy atom. The molecule has 0 atom stereocenters. The van der Waals surface area contributed by atoms with E-state index in [1.807, 2.05) is 0 Å². The topological polar surface area (TPSA) is 44.8 Å². The number of esters is 1. The summed E-state index contributed by atoms with van der Waals surface area (Å²) >= 11 is 0. The summed E-state index contributed by atoms with van der Waals surface area (Å²) in [6.45, 7) is 0. The van der Waals surface area contributed by atoms with Crippen molar-refractivity contribution in [3.63, 3.8) is 0 Å². The molecule has 0 heterocycles. The molecule has 0 radical (unpaired) electrons. The van der Waals surface area contributed by atoms with Gasteiger partial charge in [0.15, 0.2) is 11.5 Å². The quantitative estimate of drug-likeness (QED) is 0.596. The zero-order chi connectivity index (χ0) is 12.8. The summed E-state index contributed by atoms with van der Waals surface area (Å²) < 4.78 is 27.9. The molecule has 92 valence electrons. The van der Waals surface area contributed by atoms with Crippen LogP contribution in [0.3, 0.4) is 0 Å². The van der Waals surface area contributed by atoms with Crippen molar-refractivity contribution in [3.05, 3.63) is 29.6 Å². The zero-order valence-electron chi connectivity index (χ0n) is 9.82. The van der Waals surface area contributed by atoms with Crippen LogP contribution in [0.1, 0.15) is 5.56 Å². The predicted molar refractivity (Wildman–Crippen MR) is 60.6 cm³/mol. The van der Waals surface area contributed by atoms with Gasteiger partial charge in [-0.1, -0.05) is 0 Å². The van der Waals surface area contributed by atoms with Gasteiger partial charge in [-0.15, -0.1) is 0 Å². The maximum Gasteiger partial charge on any atom is 0.330 e. The molecule has 0 saturated carbocycles. The van der Waals surface area contributed by atoms with E-state index in [1.54, 1.807) is 0 Å². The molecule has 5 heteroatoms. The number of carbonyl (C=O) groups is 1. The number of carbonyl (C=O) groups excluding carboxylic acids is 1. The lowest BCUT2D eigenvalue weighted by Crippen LogP contribution is -1.96.